The average Bonchev–Trinajstić information content (AvgIpc) is 3.39. The van der Waals surface area contributed by atoms with Crippen LogP contribution in [0.3, 0.4) is 0 Å². The number of hydrogen-bond acceptors (Lipinski definition) is 8. The highest BCUT2D eigenvalue weighted by Crippen LogP contribution is 2.32. The minimum atomic E-state index is -3.82. The lowest BCUT2D eigenvalue weighted by Crippen LogP contribution is -2.48. The van der Waals surface area contributed by atoms with E-state index in [9.17, 15) is 13.2 Å². The van der Waals surface area contributed by atoms with Gasteiger partial charge in [-0.25, -0.2) is 13.4 Å². The summed E-state index contributed by atoms with van der Waals surface area (Å²) >= 11 is 1.59. The predicted octanol–water partition coefficient (Wildman–Crippen LogP) is 2.68. The third-order valence-electron chi connectivity index (χ3n) is 5.46. The van der Waals surface area contributed by atoms with Crippen LogP contribution in [0.5, 0.6) is 11.5 Å². The number of carbonyl (C=O) groups is 1. The van der Waals surface area contributed by atoms with Crippen LogP contribution in [0.4, 0.5) is 10.8 Å². The van der Waals surface area contributed by atoms with Crippen LogP contribution in [-0.2, 0) is 10.0 Å². The molecule has 33 heavy (non-hydrogen) atoms. The number of thiazole rings is 1. The van der Waals surface area contributed by atoms with Crippen molar-refractivity contribution in [1.82, 2.24) is 9.88 Å². The van der Waals surface area contributed by atoms with Gasteiger partial charge in [0.25, 0.3) is 15.9 Å². The molecule has 2 aromatic carbocycles. The molecule has 0 aliphatic carbocycles. The Kier molecular flexibility index (Phi) is 5.81. The van der Waals surface area contributed by atoms with E-state index in [0.29, 0.717) is 49.1 Å². The molecule has 1 saturated heterocycles. The van der Waals surface area contributed by atoms with E-state index in [1.54, 1.807) is 52.8 Å². The van der Waals surface area contributed by atoms with Gasteiger partial charge in [-0.05, 0) is 36.4 Å². The van der Waals surface area contributed by atoms with Gasteiger partial charge < -0.3 is 19.3 Å². The first-order valence-electron chi connectivity index (χ1n) is 10.5. The Morgan fingerprint density at radius 2 is 1.70 bits per heavy atom. The molecule has 2 aliphatic rings. The predicted molar refractivity (Wildman–Crippen MR) is 125 cm³/mol. The van der Waals surface area contributed by atoms with Gasteiger partial charge in [-0.15, -0.1) is 11.3 Å². The van der Waals surface area contributed by atoms with E-state index >= 15 is 0 Å². The van der Waals surface area contributed by atoms with Crippen molar-refractivity contribution in [1.29, 1.82) is 0 Å². The summed E-state index contributed by atoms with van der Waals surface area (Å²) in [6.45, 7) is 3.48. The molecule has 1 aromatic heterocycles. The molecule has 172 valence electrons. The van der Waals surface area contributed by atoms with Gasteiger partial charge in [-0.2, -0.15) is 0 Å². The molecule has 0 bridgehead atoms. The summed E-state index contributed by atoms with van der Waals surface area (Å²) in [5, 5.41) is 2.91. The standard InChI is InChI=1S/C22H22N4O5S2/c27-21(25-8-10-26(11-9-25)22-23-7-14-32-22)16-1-3-17(4-2-16)24-33(28,29)18-5-6-19-20(15-18)31-13-12-30-19/h1-7,14-15,24H,8-13H2. The number of amides is 1. The average molecular weight is 487 g/mol. The monoisotopic (exact) mass is 486 g/mol. The molecular formula is C22H22N4O5S2. The molecule has 11 heteroatoms. The van der Waals surface area contributed by atoms with E-state index in [-0.39, 0.29) is 10.8 Å². The number of rotatable bonds is 5. The van der Waals surface area contributed by atoms with E-state index in [1.165, 1.54) is 12.1 Å². The Morgan fingerprint density at radius 3 is 2.39 bits per heavy atom. The molecule has 3 heterocycles. The number of fused-ring (bicyclic) bond motifs is 1. The van der Waals surface area contributed by atoms with Crippen molar-refractivity contribution in [3.8, 4) is 11.5 Å². The maximum Gasteiger partial charge on any atom is 0.262 e. The quantitative estimate of drug-likeness (QED) is 0.592. The lowest BCUT2D eigenvalue weighted by Gasteiger charge is -2.34. The van der Waals surface area contributed by atoms with Crippen molar-refractivity contribution in [2.45, 2.75) is 4.90 Å². The summed E-state index contributed by atoms with van der Waals surface area (Å²) in [6, 6.07) is 11.0. The number of hydrogen-bond donors (Lipinski definition) is 1. The number of nitrogens with zero attached hydrogens (tertiary/aromatic N) is 3. The highest BCUT2D eigenvalue weighted by molar-refractivity contribution is 7.92. The van der Waals surface area contributed by atoms with E-state index < -0.39 is 10.0 Å². The summed E-state index contributed by atoms with van der Waals surface area (Å²) in [6.07, 6.45) is 1.78. The number of piperazine rings is 1. The van der Waals surface area contributed by atoms with E-state index in [4.69, 9.17) is 9.47 Å². The van der Waals surface area contributed by atoms with E-state index in [1.807, 2.05) is 5.38 Å². The van der Waals surface area contributed by atoms with Gasteiger partial charge in [0.15, 0.2) is 16.6 Å². The lowest BCUT2D eigenvalue weighted by atomic mass is 10.1. The normalized spacial score (nSPS) is 15.9. The fourth-order valence-corrected chi connectivity index (χ4v) is 5.51. The highest BCUT2D eigenvalue weighted by Gasteiger charge is 2.24. The minimum absolute atomic E-state index is 0.0740. The van der Waals surface area contributed by atoms with Crippen molar-refractivity contribution in [2.24, 2.45) is 0 Å². The fraction of sp³-hybridized carbons (Fsp3) is 0.273. The minimum Gasteiger partial charge on any atom is -0.486 e. The zero-order chi connectivity index (χ0) is 22.8. The fourth-order valence-electron chi connectivity index (χ4n) is 3.74. The van der Waals surface area contributed by atoms with Crippen LogP contribution in [0.25, 0.3) is 0 Å². The van der Waals surface area contributed by atoms with Gasteiger partial charge in [-0.1, -0.05) is 0 Å². The molecule has 0 atom stereocenters. The van der Waals surface area contributed by atoms with Crippen LogP contribution < -0.4 is 19.1 Å². The molecule has 1 N–H and O–H groups in total. The number of benzene rings is 2. The van der Waals surface area contributed by atoms with Crippen LogP contribution in [0.2, 0.25) is 0 Å². The summed E-state index contributed by atoms with van der Waals surface area (Å²) < 4.78 is 39.0. The Morgan fingerprint density at radius 1 is 0.970 bits per heavy atom. The lowest BCUT2D eigenvalue weighted by molar-refractivity contribution is 0.0747. The van der Waals surface area contributed by atoms with Crippen LogP contribution >= 0.6 is 11.3 Å². The zero-order valence-electron chi connectivity index (χ0n) is 17.6. The molecule has 0 radical (unpaired) electrons. The Bertz CT molecular complexity index is 1240. The van der Waals surface area contributed by atoms with E-state index in [2.05, 4.69) is 14.6 Å². The molecular weight excluding hydrogens is 464 g/mol. The second-order valence-corrected chi connectivity index (χ2v) is 10.1. The topological polar surface area (TPSA) is 101 Å². The third-order valence-corrected chi connectivity index (χ3v) is 7.68. The largest absolute Gasteiger partial charge is 0.486 e. The number of aromatic nitrogens is 1. The molecule has 1 fully saturated rings. The van der Waals surface area contributed by atoms with Gasteiger partial charge in [0.05, 0.1) is 4.90 Å². The molecule has 2 aliphatic heterocycles. The first-order valence-corrected chi connectivity index (χ1v) is 12.8. The van der Waals surface area contributed by atoms with Crippen LogP contribution in [0.15, 0.2) is 58.9 Å². The van der Waals surface area contributed by atoms with Crippen LogP contribution in [-0.4, -0.2) is 63.6 Å². The summed E-state index contributed by atoms with van der Waals surface area (Å²) in [5.41, 5.74) is 0.884. The molecule has 5 rings (SSSR count). The highest BCUT2D eigenvalue weighted by atomic mass is 32.2. The molecule has 3 aromatic rings. The molecule has 0 unspecified atom stereocenters. The Hall–Kier alpha value is -3.31. The Balaban J connectivity index is 1.23. The number of ether oxygens (including phenoxy) is 2. The summed E-state index contributed by atoms with van der Waals surface area (Å²) in [5.74, 6) is 0.852. The number of carbonyl (C=O) groups excluding carboxylic acids is 1. The van der Waals surface area contributed by atoms with Crippen LogP contribution in [0, 0.1) is 0 Å². The Labute approximate surface area is 195 Å². The third kappa shape index (κ3) is 4.60. The second kappa shape index (κ2) is 8.91. The van der Waals surface area contributed by atoms with Gasteiger partial charge >= 0.3 is 0 Å². The summed E-state index contributed by atoms with van der Waals surface area (Å²) in [4.78, 5) is 21.2. The zero-order valence-corrected chi connectivity index (χ0v) is 19.3. The van der Waals surface area contributed by atoms with Crippen molar-refractivity contribution < 1.29 is 22.7 Å². The first kappa shape index (κ1) is 21.5. The van der Waals surface area contributed by atoms with Crippen LogP contribution in [0.1, 0.15) is 10.4 Å². The number of sulfonamides is 1. The van der Waals surface area contributed by atoms with Crippen molar-refractivity contribution in [3.05, 3.63) is 59.6 Å². The SMILES string of the molecule is O=C(c1ccc(NS(=O)(=O)c2ccc3c(c2)OCCO3)cc1)N1CCN(c2nccs2)CC1. The van der Waals surface area contributed by atoms with E-state index in [0.717, 1.165) is 18.2 Å². The molecule has 9 nitrogen and oxygen atoms in total. The second-order valence-electron chi connectivity index (χ2n) is 7.58. The van der Waals surface area contributed by atoms with Crippen molar-refractivity contribution in [3.63, 3.8) is 0 Å². The van der Waals surface area contributed by atoms with Crippen molar-refractivity contribution >= 4 is 38.1 Å². The number of nitrogens with one attached hydrogen (secondary N) is 1. The molecule has 0 saturated carbocycles. The maximum atomic E-state index is 12.9. The van der Waals surface area contributed by atoms with Gasteiger partial charge in [0.1, 0.15) is 13.2 Å². The smallest absolute Gasteiger partial charge is 0.262 e. The first-order chi connectivity index (χ1) is 16.0. The van der Waals surface area contributed by atoms with Crippen molar-refractivity contribution in [2.75, 3.05) is 49.0 Å². The van der Waals surface area contributed by atoms with Gasteiger partial charge in [0, 0.05) is 55.1 Å². The molecule has 0 spiro atoms. The van der Waals surface area contributed by atoms with Gasteiger partial charge in [-0.3, -0.25) is 9.52 Å². The summed E-state index contributed by atoms with van der Waals surface area (Å²) in [7, 11) is -3.82. The van der Waals surface area contributed by atoms with Gasteiger partial charge in [0.2, 0.25) is 0 Å². The maximum absolute atomic E-state index is 12.9. The molecule has 1 amide bonds. The number of anilines is 2.